The van der Waals surface area contributed by atoms with E-state index in [0.717, 1.165) is 25.7 Å². The van der Waals surface area contributed by atoms with Gasteiger partial charge in [0.25, 0.3) is 5.91 Å². The number of hydrogen-bond donors (Lipinski definition) is 4. The summed E-state index contributed by atoms with van der Waals surface area (Å²) < 4.78 is 5.67. The van der Waals surface area contributed by atoms with E-state index in [9.17, 15) is 9.59 Å². The van der Waals surface area contributed by atoms with Crippen molar-refractivity contribution in [3.05, 3.63) is 22.4 Å². The van der Waals surface area contributed by atoms with Gasteiger partial charge in [-0.05, 0) is 25.7 Å². The molecule has 7 heteroatoms. The summed E-state index contributed by atoms with van der Waals surface area (Å²) in [6.45, 7) is 0.898. The Labute approximate surface area is 110 Å². The van der Waals surface area contributed by atoms with Crippen LogP contribution in [0.25, 0.3) is 0 Å². The van der Waals surface area contributed by atoms with Crippen LogP contribution in [0.4, 0.5) is 0 Å². The average molecular weight is 268 g/mol. The summed E-state index contributed by atoms with van der Waals surface area (Å²) in [5.74, 6) is -0.312. The first-order valence-corrected chi connectivity index (χ1v) is 6.58. The highest BCUT2D eigenvalue weighted by molar-refractivity contribution is 5.91. The molecular formula is C12H20N4O3. The number of aromatic amines is 2. The van der Waals surface area contributed by atoms with Gasteiger partial charge in [-0.2, -0.15) is 0 Å². The van der Waals surface area contributed by atoms with Crippen molar-refractivity contribution in [2.24, 2.45) is 5.73 Å². The first-order valence-electron chi connectivity index (χ1n) is 6.58. The van der Waals surface area contributed by atoms with E-state index >= 15 is 0 Å². The van der Waals surface area contributed by atoms with Gasteiger partial charge in [-0.25, -0.2) is 4.79 Å². The maximum atomic E-state index is 11.6. The Morgan fingerprint density at radius 2 is 2.16 bits per heavy atom. The number of hydrogen-bond acceptors (Lipinski definition) is 4. The first kappa shape index (κ1) is 13.8. The predicted molar refractivity (Wildman–Crippen MR) is 69.9 cm³/mol. The Bertz CT molecular complexity index is 460. The molecule has 0 bridgehead atoms. The van der Waals surface area contributed by atoms with Crippen molar-refractivity contribution in [3.8, 4) is 0 Å². The standard InChI is InChI=1S/C12H20N4O3/c13-8-1-3-9(4-2-8)19-6-5-14-11(17)10-7-15-12(18)16-10/h7-9H,1-6,13H2,(H,14,17)(H2,15,16,18). The van der Waals surface area contributed by atoms with Crippen LogP contribution < -0.4 is 16.7 Å². The number of carbonyl (C=O) groups is 1. The van der Waals surface area contributed by atoms with Crippen LogP contribution >= 0.6 is 0 Å². The predicted octanol–water partition coefficient (Wildman–Crippen LogP) is -0.281. The number of imidazole rings is 1. The number of amides is 1. The lowest BCUT2D eigenvalue weighted by atomic mass is 9.94. The number of rotatable bonds is 5. The highest BCUT2D eigenvalue weighted by Gasteiger charge is 2.18. The molecule has 1 fully saturated rings. The van der Waals surface area contributed by atoms with Gasteiger partial charge in [0.15, 0.2) is 0 Å². The quantitative estimate of drug-likeness (QED) is 0.550. The molecule has 19 heavy (non-hydrogen) atoms. The maximum absolute atomic E-state index is 11.6. The smallest absolute Gasteiger partial charge is 0.323 e. The molecule has 1 saturated carbocycles. The van der Waals surface area contributed by atoms with Crippen LogP contribution in [0.2, 0.25) is 0 Å². The molecule has 2 rings (SSSR count). The normalized spacial score (nSPS) is 23.2. The lowest BCUT2D eigenvalue weighted by molar-refractivity contribution is 0.0267. The fourth-order valence-electron chi connectivity index (χ4n) is 2.20. The van der Waals surface area contributed by atoms with Crippen molar-refractivity contribution in [2.75, 3.05) is 13.2 Å². The van der Waals surface area contributed by atoms with E-state index in [-0.39, 0.29) is 23.4 Å². The van der Waals surface area contributed by atoms with Gasteiger partial charge in [0.05, 0.1) is 12.7 Å². The SMILES string of the molecule is NC1CCC(OCCNC(=O)c2c[nH]c(=O)[nH]2)CC1. The van der Waals surface area contributed by atoms with E-state index in [2.05, 4.69) is 15.3 Å². The van der Waals surface area contributed by atoms with Crippen LogP contribution in [0.15, 0.2) is 11.0 Å². The monoisotopic (exact) mass is 268 g/mol. The third kappa shape index (κ3) is 4.22. The van der Waals surface area contributed by atoms with Crippen LogP contribution in [-0.4, -0.2) is 41.2 Å². The molecule has 0 radical (unpaired) electrons. The van der Waals surface area contributed by atoms with Crippen molar-refractivity contribution in [3.63, 3.8) is 0 Å². The molecule has 0 unspecified atom stereocenters. The molecule has 1 heterocycles. The summed E-state index contributed by atoms with van der Waals surface area (Å²) in [5, 5.41) is 2.68. The number of nitrogens with two attached hydrogens (primary N) is 1. The summed E-state index contributed by atoms with van der Waals surface area (Å²) in [5.41, 5.74) is 5.65. The number of aromatic nitrogens is 2. The summed E-state index contributed by atoms with van der Waals surface area (Å²) >= 11 is 0. The Hall–Kier alpha value is -1.60. The van der Waals surface area contributed by atoms with Crippen LogP contribution in [-0.2, 0) is 4.74 Å². The van der Waals surface area contributed by atoms with Crippen LogP contribution in [0.5, 0.6) is 0 Å². The van der Waals surface area contributed by atoms with Crippen molar-refractivity contribution in [1.29, 1.82) is 0 Å². The second kappa shape index (κ2) is 6.53. The Morgan fingerprint density at radius 3 is 2.79 bits per heavy atom. The number of carbonyl (C=O) groups excluding carboxylic acids is 1. The second-order valence-corrected chi connectivity index (χ2v) is 4.82. The molecule has 1 aromatic heterocycles. The van der Waals surface area contributed by atoms with E-state index in [1.807, 2.05) is 0 Å². The molecule has 1 aliphatic carbocycles. The van der Waals surface area contributed by atoms with E-state index in [4.69, 9.17) is 10.5 Å². The summed E-state index contributed by atoms with van der Waals surface area (Å²) in [6, 6.07) is 0.310. The molecule has 0 aromatic carbocycles. The van der Waals surface area contributed by atoms with Crippen LogP contribution in [0.1, 0.15) is 36.2 Å². The van der Waals surface area contributed by atoms with Crippen LogP contribution in [0, 0.1) is 0 Å². The Kier molecular flexibility index (Phi) is 4.75. The Balaban J connectivity index is 1.61. The van der Waals surface area contributed by atoms with Gasteiger partial charge in [-0.15, -0.1) is 0 Å². The molecule has 0 atom stereocenters. The van der Waals surface area contributed by atoms with E-state index < -0.39 is 0 Å². The summed E-state index contributed by atoms with van der Waals surface area (Å²) in [4.78, 5) is 27.2. The maximum Gasteiger partial charge on any atom is 0.323 e. The van der Waals surface area contributed by atoms with Crippen molar-refractivity contribution in [2.45, 2.75) is 37.8 Å². The fourth-order valence-corrected chi connectivity index (χ4v) is 2.20. The minimum atomic E-state index is -0.389. The van der Waals surface area contributed by atoms with Crippen molar-refractivity contribution in [1.82, 2.24) is 15.3 Å². The number of nitrogens with one attached hydrogen (secondary N) is 3. The van der Waals surface area contributed by atoms with Crippen molar-refractivity contribution >= 4 is 5.91 Å². The highest BCUT2D eigenvalue weighted by Crippen LogP contribution is 2.19. The topological polar surface area (TPSA) is 113 Å². The molecule has 1 amide bonds. The van der Waals surface area contributed by atoms with E-state index in [1.54, 1.807) is 0 Å². The number of H-pyrrole nitrogens is 2. The van der Waals surface area contributed by atoms with Gasteiger partial charge >= 0.3 is 5.69 Å². The number of ether oxygens (including phenoxy) is 1. The lowest BCUT2D eigenvalue weighted by Crippen LogP contribution is -2.33. The third-order valence-electron chi connectivity index (χ3n) is 3.30. The molecule has 0 aliphatic heterocycles. The second-order valence-electron chi connectivity index (χ2n) is 4.82. The highest BCUT2D eigenvalue weighted by atomic mass is 16.5. The van der Waals surface area contributed by atoms with Gasteiger partial charge in [-0.1, -0.05) is 0 Å². The minimum absolute atomic E-state index is 0.230. The molecule has 1 aromatic rings. The molecule has 0 spiro atoms. The van der Waals surface area contributed by atoms with E-state index in [1.165, 1.54) is 6.20 Å². The molecular weight excluding hydrogens is 248 g/mol. The molecule has 7 nitrogen and oxygen atoms in total. The summed E-state index contributed by atoms with van der Waals surface area (Å²) in [7, 11) is 0. The fraction of sp³-hybridized carbons (Fsp3) is 0.667. The molecule has 0 saturated heterocycles. The largest absolute Gasteiger partial charge is 0.376 e. The third-order valence-corrected chi connectivity index (χ3v) is 3.30. The van der Waals surface area contributed by atoms with E-state index in [0.29, 0.717) is 19.2 Å². The van der Waals surface area contributed by atoms with Gasteiger partial charge < -0.3 is 25.8 Å². The zero-order valence-corrected chi connectivity index (χ0v) is 10.8. The van der Waals surface area contributed by atoms with Gasteiger partial charge in [0.1, 0.15) is 5.69 Å². The lowest BCUT2D eigenvalue weighted by Gasteiger charge is -2.26. The zero-order valence-electron chi connectivity index (χ0n) is 10.8. The van der Waals surface area contributed by atoms with Crippen molar-refractivity contribution < 1.29 is 9.53 Å². The molecule has 106 valence electrons. The van der Waals surface area contributed by atoms with Crippen LogP contribution in [0.3, 0.4) is 0 Å². The van der Waals surface area contributed by atoms with Gasteiger partial charge in [0, 0.05) is 18.8 Å². The Morgan fingerprint density at radius 1 is 1.42 bits per heavy atom. The first-order chi connectivity index (χ1) is 9.15. The van der Waals surface area contributed by atoms with Gasteiger partial charge in [0.2, 0.25) is 0 Å². The average Bonchev–Trinajstić information content (AvgIpc) is 2.83. The molecule has 1 aliphatic rings. The van der Waals surface area contributed by atoms with Gasteiger partial charge in [-0.3, -0.25) is 4.79 Å². The zero-order chi connectivity index (χ0) is 13.7. The minimum Gasteiger partial charge on any atom is -0.376 e. The summed E-state index contributed by atoms with van der Waals surface area (Å²) in [6.07, 6.45) is 5.58. The molecule has 5 N–H and O–H groups in total.